The van der Waals surface area contributed by atoms with Crippen LogP contribution >= 0.6 is 0 Å². The summed E-state index contributed by atoms with van der Waals surface area (Å²) >= 11 is 0. The normalized spacial score (nSPS) is 9.68. The summed E-state index contributed by atoms with van der Waals surface area (Å²) in [4.78, 5) is 11.9. The van der Waals surface area contributed by atoms with Crippen molar-refractivity contribution in [2.45, 2.75) is 13.5 Å². The van der Waals surface area contributed by atoms with Gasteiger partial charge in [0.15, 0.2) is 0 Å². The van der Waals surface area contributed by atoms with Crippen LogP contribution in [0.15, 0.2) is 48.5 Å². The van der Waals surface area contributed by atoms with Crippen molar-refractivity contribution in [2.75, 3.05) is 0 Å². The fourth-order valence-corrected chi connectivity index (χ4v) is 1.77. The Labute approximate surface area is 112 Å². The van der Waals surface area contributed by atoms with Crippen LogP contribution in [-0.2, 0) is 6.54 Å². The van der Waals surface area contributed by atoms with Gasteiger partial charge in [-0.05, 0) is 36.8 Å². The van der Waals surface area contributed by atoms with E-state index in [1.54, 1.807) is 18.2 Å². The first kappa shape index (κ1) is 12.8. The molecule has 94 valence electrons. The molecule has 0 heterocycles. The predicted molar refractivity (Wildman–Crippen MR) is 73.5 cm³/mol. The molecule has 0 atom stereocenters. The van der Waals surface area contributed by atoms with Crippen molar-refractivity contribution in [3.63, 3.8) is 0 Å². The molecule has 3 nitrogen and oxygen atoms in total. The van der Waals surface area contributed by atoms with Gasteiger partial charge in [0.05, 0.1) is 11.6 Å². The Bertz CT molecular complexity index is 624. The number of rotatable bonds is 3. The van der Waals surface area contributed by atoms with Crippen LogP contribution in [0.4, 0.5) is 0 Å². The van der Waals surface area contributed by atoms with Gasteiger partial charge in [-0.3, -0.25) is 4.79 Å². The van der Waals surface area contributed by atoms with Crippen LogP contribution < -0.4 is 5.32 Å². The van der Waals surface area contributed by atoms with E-state index in [1.807, 2.05) is 37.3 Å². The summed E-state index contributed by atoms with van der Waals surface area (Å²) < 4.78 is 0. The zero-order valence-corrected chi connectivity index (χ0v) is 10.7. The van der Waals surface area contributed by atoms with E-state index in [4.69, 9.17) is 5.26 Å². The summed E-state index contributed by atoms with van der Waals surface area (Å²) in [5.41, 5.74) is 3.31. The molecular weight excluding hydrogens is 236 g/mol. The highest BCUT2D eigenvalue weighted by Gasteiger charge is 2.04. The molecule has 0 spiro atoms. The zero-order valence-electron chi connectivity index (χ0n) is 10.7. The third kappa shape index (κ3) is 3.43. The summed E-state index contributed by atoms with van der Waals surface area (Å²) in [5, 5.41) is 11.6. The quantitative estimate of drug-likeness (QED) is 0.910. The monoisotopic (exact) mass is 250 g/mol. The van der Waals surface area contributed by atoms with Gasteiger partial charge in [-0.25, -0.2) is 0 Å². The van der Waals surface area contributed by atoms with Crippen molar-refractivity contribution < 1.29 is 4.79 Å². The highest BCUT2D eigenvalue weighted by Crippen LogP contribution is 2.06. The predicted octanol–water partition coefficient (Wildman–Crippen LogP) is 2.80. The van der Waals surface area contributed by atoms with Gasteiger partial charge in [-0.15, -0.1) is 0 Å². The minimum Gasteiger partial charge on any atom is -0.348 e. The third-order valence-electron chi connectivity index (χ3n) is 2.82. The second-order valence-electron chi connectivity index (χ2n) is 4.36. The third-order valence-corrected chi connectivity index (χ3v) is 2.82. The molecule has 0 bridgehead atoms. The summed E-state index contributed by atoms with van der Waals surface area (Å²) in [6.07, 6.45) is 0. The number of hydrogen-bond acceptors (Lipinski definition) is 2. The lowest BCUT2D eigenvalue weighted by Gasteiger charge is -2.06. The lowest BCUT2D eigenvalue weighted by molar-refractivity contribution is 0.0951. The zero-order chi connectivity index (χ0) is 13.7. The van der Waals surface area contributed by atoms with Gasteiger partial charge in [-0.1, -0.05) is 29.8 Å². The first-order valence-corrected chi connectivity index (χ1v) is 6.03. The molecule has 0 fully saturated rings. The Hall–Kier alpha value is -2.60. The number of aryl methyl sites for hydroxylation is 1. The Kier molecular flexibility index (Phi) is 3.94. The van der Waals surface area contributed by atoms with E-state index >= 15 is 0 Å². The number of nitriles is 1. The van der Waals surface area contributed by atoms with Gasteiger partial charge >= 0.3 is 0 Å². The maximum atomic E-state index is 11.9. The number of amides is 1. The van der Waals surface area contributed by atoms with Crippen LogP contribution in [0.2, 0.25) is 0 Å². The van der Waals surface area contributed by atoms with Gasteiger partial charge < -0.3 is 5.32 Å². The fraction of sp³-hybridized carbons (Fsp3) is 0.125. The summed E-state index contributed by atoms with van der Waals surface area (Å²) in [7, 11) is 0. The molecule has 0 unspecified atom stereocenters. The fourth-order valence-electron chi connectivity index (χ4n) is 1.77. The molecule has 1 amide bonds. The van der Waals surface area contributed by atoms with Crippen molar-refractivity contribution in [1.82, 2.24) is 5.32 Å². The van der Waals surface area contributed by atoms with Crippen molar-refractivity contribution >= 4 is 5.91 Å². The lowest BCUT2D eigenvalue weighted by atomic mass is 10.1. The molecule has 0 aliphatic rings. The highest BCUT2D eigenvalue weighted by molar-refractivity contribution is 5.94. The minimum absolute atomic E-state index is 0.0898. The number of nitrogens with one attached hydrogen (secondary N) is 1. The standard InChI is InChI=1S/C16H14N2O/c1-12-3-2-4-15(9-12)16(19)18-11-14-7-5-13(10-17)6-8-14/h2-9H,11H2,1H3,(H,18,19). The van der Waals surface area contributed by atoms with E-state index in [0.717, 1.165) is 11.1 Å². The maximum Gasteiger partial charge on any atom is 0.251 e. The van der Waals surface area contributed by atoms with E-state index in [0.29, 0.717) is 17.7 Å². The molecule has 0 saturated heterocycles. The smallest absolute Gasteiger partial charge is 0.251 e. The second-order valence-corrected chi connectivity index (χ2v) is 4.36. The number of carbonyl (C=O) groups excluding carboxylic acids is 1. The maximum absolute atomic E-state index is 11.9. The number of carbonyl (C=O) groups is 1. The van der Waals surface area contributed by atoms with Crippen LogP contribution in [0, 0.1) is 18.3 Å². The largest absolute Gasteiger partial charge is 0.348 e. The molecule has 0 aliphatic carbocycles. The second kappa shape index (κ2) is 5.83. The molecule has 2 rings (SSSR count). The topological polar surface area (TPSA) is 52.9 Å². The van der Waals surface area contributed by atoms with Crippen molar-refractivity contribution in [2.24, 2.45) is 0 Å². The summed E-state index contributed by atoms with van der Waals surface area (Å²) in [5.74, 6) is -0.0898. The van der Waals surface area contributed by atoms with Crippen LogP contribution in [0.25, 0.3) is 0 Å². The van der Waals surface area contributed by atoms with E-state index in [-0.39, 0.29) is 5.91 Å². The van der Waals surface area contributed by atoms with E-state index in [2.05, 4.69) is 11.4 Å². The average molecular weight is 250 g/mol. The molecule has 2 aromatic rings. The Balaban J connectivity index is 1.98. The average Bonchev–Trinajstić information content (AvgIpc) is 2.45. The molecule has 1 N–H and O–H groups in total. The molecule has 0 radical (unpaired) electrons. The Morgan fingerprint density at radius 3 is 2.58 bits per heavy atom. The van der Waals surface area contributed by atoms with Crippen LogP contribution in [-0.4, -0.2) is 5.91 Å². The van der Waals surface area contributed by atoms with E-state index in [9.17, 15) is 4.79 Å². The minimum atomic E-state index is -0.0898. The molecule has 19 heavy (non-hydrogen) atoms. The van der Waals surface area contributed by atoms with Crippen molar-refractivity contribution in [3.8, 4) is 6.07 Å². The van der Waals surface area contributed by atoms with Crippen LogP contribution in [0.3, 0.4) is 0 Å². The number of nitrogens with zero attached hydrogens (tertiary/aromatic N) is 1. The van der Waals surface area contributed by atoms with E-state index < -0.39 is 0 Å². The molecule has 0 aliphatic heterocycles. The molecule has 0 aromatic heterocycles. The summed E-state index contributed by atoms with van der Waals surface area (Å²) in [6.45, 7) is 2.41. The summed E-state index contributed by atoms with van der Waals surface area (Å²) in [6, 6.07) is 16.7. The van der Waals surface area contributed by atoms with Crippen molar-refractivity contribution in [3.05, 3.63) is 70.8 Å². The molecule has 3 heteroatoms. The Morgan fingerprint density at radius 1 is 1.21 bits per heavy atom. The van der Waals surface area contributed by atoms with Gasteiger partial charge in [0.2, 0.25) is 0 Å². The SMILES string of the molecule is Cc1cccc(C(=O)NCc2ccc(C#N)cc2)c1. The van der Waals surface area contributed by atoms with E-state index in [1.165, 1.54) is 0 Å². The lowest BCUT2D eigenvalue weighted by Crippen LogP contribution is -2.22. The highest BCUT2D eigenvalue weighted by atomic mass is 16.1. The Morgan fingerprint density at radius 2 is 1.95 bits per heavy atom. The molecular formula is C16H14N2O. The van der Waals surface area contributed by atoms with Gasteiger partial charge in [0.1, 0.15) is 0 Å². The first-order valence-electron chi connectivity index (χ1n) is 6.03. The van der Waals surface area contributed by atoms with Gasteiger partial charge in [0.25, 0.3) is 5.91 Å². The van der Waals surface area contributed by atoms with Crippen LogP contribution in [0.5, 0.6) is 0 Å². The molecule has 0 saturated carbocycles. The number of hydrogen-bond donors (Lipinski definition) is 1. The molecule has 2 aromatic carbocycles. The van der Waals surface area contributed by atoms with Gasteiger partial charge in [-0.2, -0.15) is 5.26 Å². The van der Waals surface area contributed by atoms with Gasteiger partial charge in [0, 0.05) is 12.1 Å². The van der Waals surface area contributed by atoms with Crippen LogP contribution in [0.1, 0.15) is 27.0 Å². The van der Waals surface area contributed by atoms with Crippen molar-refractivity contribution in [1.29, 1.82) is 5.26 Å². The number of benzene rings is 2. The first-order chi connectivity index (χ1) is 9.19.